The van der Waals surface area contributed by atoms with Crippen molar-refractivity contribution in [1.29, 1.82) is 0 Å². The zero-order valence-corrected chi connectivity index (χ0v) is 17.0. The Balaban J connectivity index is 1.41. The van der Waals surface area contributed by atoms with Crippen molar-refractivity contribution in [3.05, 3.63) is 48.0 Å². The van der Waals surface area contributed by atoms with Gasteiger partial charge in [0.05, 0.1) is 6.20 Å². The highest BCUT2D eigenvalue weighted by Crippen LogP contribution is 2.29. The first kappa shape index (κ1) is 18.6. The number of hydrogen-bond acceptors (Lipinski definition) is 4. The molecule has 1 saturated carbocycles. The van der Waals surface area contributed by atoms with Crippen molar-refractivity contribution in [2.45, 2.75) is 45.1 Å². The Kier molecular flexibility index (Phi) is 4.96. The number of rotatable bonds is 3. The zero-order chi connectivity index (χ0) is 19.8. The minimum absolute atomic E-state index is 0.231. The van der Waals surface area contributed by atoms with Crippen LogP contribution >= 0.6 is 0 Å². The molecule has 2 fully saturated rings. The van der Waals surface area contributed by atoms with E-state index in [2.05, 4.69) is 21.0 Å². The van der Waals surface area contributed by atoms with Gasteiger partial charge >= 0.3 is 0 Å². The summed E-state index contributed by atoms with van der Waals surface area (Å²) in [4.78, 5) is 9.87. The van der Waals surface area contributed by atoms with Crippen LogP contribution in [0, 0.1) is 12.7 Å². The maximum Gasteiger partial charge on any atom is 0.165 e. The molecule has 0 N–H and O–H groups in total. The standard InChI is InChI=1S/C23H28FN5/c1-17-15-22(28-13-11-27(12-14-28)20-5-3-2-4-6-20)29-23(26-17)21(16-25-29)18-7-9-19(24)10-8-18/h7-10,15-16,20H,2-6,11-14H2,1H3. The highest BCUT2D eigenvalue weighted by molar-refractivity contribution is 5.78. The molecule has 0 amide bonds. The highest BCUT2D eigenvalue weighted by atomic mass is 19.1. The van der Waals surface area contributed by atoms with Gasteiger partial charge in [-0.25, -0.2) is 9.37 Å². The summed E-state index contributed by atoms with van der Waals surface area (Å²) >= 11 is 0. The van der Waals surface area contributed by atoms with E-state index in [1.54, 1.807) is 12.1 Å². The van der Waals surface area contributed by atoms with Gasteiger partial charge in [-0.1, -0.05) is 31.4 Å². The molecule has 3 heterocycles. The third-order valence-corrected chi connectivity index (χ3v) is 6.47. The molecule has 1 aliphatic heterocycles. The molecule has 2 aliphatic rings. The van der Waals surface area contributed by atoms with E-state index in [-0.39, 0.29) is 5.82 Å². The van der Waals surface area contributed by atoms with Crippen molar-refractivity contribution in [3.8, 4) is 11.1 Å². The van der Waals surface area contributed by atoms with Crippen molar-refractivity contribution in [2.24, 2.45) is 0 Å². The Bertz CT molecular complexity index is 982. The molecule has 0 bridgehead atoms. The van der Waals surface area contributed by atoms with E-state index in [0.29, 0.717) is 0 Å². The summed E-state index contributed by atoms with van der Waals surface area (Å²) in [7, 11) is 0. The van der Waals surface area contributed by atoms with Crippen LogP contribution in [-0.4, -0.2) is 51.7 Å². The van der Waals surface area contributed by atoms with Crippen LogP contribution in [-0.2, 0) is 0 Å². The molecule has 1 saturated heterocycles. The quantitative estimate of drug-likeness (QED) is 0.665. The SMILES string of the molecule is Cc1cc(N2CCN(C3CCCCC3)CC2)n2ncc(-c3ccc(F)cc3)c2n1. The van der Waals surface area contributed by atoms with Gasteiger partial charge in [0.25, 0.3) is 0 Å². The Morgan fingerprint density at radius 2 is 1.69 bits per heavy atom. The van der Waals surface area contributed by atoms with Gasteiger partial charge in [-0.15, -0.1) is 0 Å². The maximum absolute atomic E-state index is 13.3. The summed E-state index contributed by atoms with van der Waals surface area (Å²) in [6.45, 7) is 6.28. The maximum atomic E-state index is 13.3. The van der Waals surface area contributed by atoms with Crippen LogP contribution in [0.4, 0.5) is 10.2 Å². The number of aromatic nitrogens is 3. The predicted molar refractivity (Wildman–Crippen MR) is 114 cm³/mol. The van der Waals surface area contributed by atoms with E-state index >= 15 is 0 Å². The first-order valence-electron chi connectivity index (χ1n) is 10.8. The molecule has 0 radical (unpaired) electrons. The molecular formula is C23H28FN5. The lowest BCUT2D eigenvalue weighted by atomic mass is 9.94. The van der Waals surface area contributed by atoms with Crippen molar-refractivity contribution < 1.29 is 4.39 Å². The predicted octanol–water partition coefficient (Wildman–Crippen LogP) is 4.30. The van der Waals surface area contributed by atoms with E-state index in [9.17, 15) is 4.39 Å². The average molecular weight is 394 g/mol. The molecule has 5 rings (SSSR count). The molecular weight excluding hydrogens is 365 g/mol. The van der Waals surface area contributed by atoms with Crippen LogP contribution in [0.5, 0.6) is 0 Å². The van der Waals surface area contributed by atoms with Crippen LogP contribution in [0.25, 0.3) is 16.8 Å². The van der Waals surface area contributed by atoms with Crippen molar-refractivity contribution in [2.75, 3.05) is 31.1 Å². The Morgan fingerprint density at radius 1 is 0.966 bits per heavy atom. The zero-order valence-electron chi connectivity index (χ0n) is 17.0. The monoisotopic (exact) mass is 393 g/mol. The van der Waals surface area contributed by atoms with Crippen LogP contribution in [0.2, 0.25) is 0 Å². The number of benzene rings is 1. The molecule has 5 nitrogen and oxygen atoms in total. The van der Waals surface area contributed by atoms with Gasteiger partial charge in [0.2, 0.25) is 0 Å². The lowest BCUT2D eigenvalue weighted by Gasteiger charge is -2.41. The fourth-order valence-corrected chi connectivity index (χ4v) is 4.89. The molecule has 2 aromatic heterocycles. The van der Waals surface area contributed by atoms with Gasteiger partial charge in [0.15, 0.2) is 5.65 Å². The number of nitrogens with zero attached hydrogens (tertiary/aromatic N) is 5. The first-order chi connectivity index (χ1) is 14.2. The van der Waals surface area contributed by atoms with Crippen LogP contribution < -0.4 is 4.90 Å². The molecule has 29 heavy (non-hydrogen) atoms. The van der Waals surface area contributed by atoms with Gasteiger partial charge in [-0.2, -0.15) is 9.61 Å². The smallest absolute Gasteiger partial charge is 0.165 e. The Labute approximate surface area is 171 Å². The van der Waals surface area contributed by atoms with Gasteiger partial charge < -0.3 is 4.90 Å². The molecule has 1 aliphatic carbocycles. The van der Waals surface area contributed by atoms with E-state index in [4.69, 9.17) is 4.98 Å². The topological polar surface area (TPSA) is 36.7 Å². The van der Waals surface area contributed by atoms with E-state index in [0.717, 1.165) is 60.5 Å². The molecule has 6 heteroatoms. The second kappa shape index (κ2) is 7.75. The molecule has 0 atom stereocenters. The minimum Gasteiger partial charge on any atom is -0.354 e. The van der Waals surface area contributed by atoms with Crippen LogP contribution in [0.3, 0.4) is 0 Å². The number of fused-ring (bicyclic) bond motifs is 1. The second-order valence-electron chi connectivity index (χ2n) is 8.37. The van der Waals surface area contributed by atoms with Crippen LogP contribution in [0.1, 0.15) is 37.8 Å². The molecule has 3 aromatic rings. The number of halogens is 1. The highest BCUT2D eigenvalue weighted by Gasteiger charge is 2.26. The molecule has 0 unspecified atom stereocenters. The third kappa shape index (κ3) is 3.62. The van der Waals surface area contributed by atoms with Gasteiger partial charge in [-0.3, -0.25) is 4.90 Å². The fourth-order valence-electron chi connectivity index (χ4n) is 4.89. The minimum atomic E-state index is -0.231. The number of anilines is 1. The van der Waals surface area contributed by atoms with E-state index in [1.807, 2.05) is 17.6 Å². The second-order valence-corrected chi connectivity index (χ2v) is 8.37. The van der Waals surface area contributed by atoms with Gasteiger partial charge in [-0.05, 0) is 37.5 Å². The molecule has 152 valence electrons. The summed E-state index contributed by atoms with van der Waals surface area (Å²) in [5.41, 5.74) is 3.69. The normalized spacial score (nSPS) is 19.2. The Morgan fingerprint density at radius 3 is 2.41 bits per heavy atom. The molecule has 1 aromatic carbocycles. The Hall–Kier alpha value is -2.47. The number of aryl methyl sites for hydroxylation is 1. The lowest BCUT2D eigenvalue weighted by molar-refractivity contribution is 0.147. The summed E-state index contributed by atoms with van der Waals surface area (Å²) in [5, 5.41) is 4.65. The summed E-state index contributed by atoms with van der Waals surface area (Å²) in [6, 6.07) is 9.46. The largest absolute Gasteiger partial charge is 0.354 e. The van der Waals surface area contributed by atoms with Gasteiger partial charge in [0.1, 0.15) is 11.6 Å². The van der Waals surface area contributed by atoms with Crippen LogP contribution in [0.15, 0.2) is 36.5 Å². The van der Waals surface area contributed by atoms with Crippen molar-refractivity contribution in [1.82, 2.24) is 19.5 Å². The summed E-state index contributed by atoms with van der Waals surface area (Å²) in [6.07, 6.45) is 8.73. The fraction of sp³-hybridized carbons (Fsp3) is 0.478. The third-order valence-electron chi connectivity index (χ3n) is 6.47. The molecule has 0 spiro atoms. The average Bonchev–Trinajstić information content (AvgIpc) is 3.18. The summed E-state index contributed by atoms with van der Waals surface area (Å²) in [5.74, 6) is 0.870. The van der Waals surface area contributed by atoms with E-state index < -0.39 is 0 Å². The number of piperazine rings is 1. The van der Waals surface area contributed by atoms with Gasteiger partial charge in [0, 0.05) is 49.5 Å². The van der Waals surface area contributed by atoms with Crippen molar-refractivity contribution in [3.63, 3.8) is 0 Å². The van der Waals surface area contributed by atoms with E-state index in [1.165, 1.54) is 44.2 Å². The van der Waals surface area contributed by atoms with Crippen molar-refractivity contribution >= 4 is 11.5 Å². The number of hydrogen-bond donors (Lipinski definition) is 0. The lowest BCUT2D eigenvalue weighted by Crippen LogP contribution is -2.51. The first-order valence-corrected chi connectivity index (χ1v) is 10.8. The summed E-state index contributed by atoms with van der Waals surface area (Å²) < 4.78 is 15.3.